The van der Waals surface area contributed by atoms with Crippen molar-refractivity contribution < 1.29 is 4.79 Å². The Morgan fingerprint density at radius 3 is 2.81 bits per heavy atom. The Hall–Kier alpha value is -1.82. The zero-order chi connectivity index (χ0) is 14.8. The molecular weight excluding hydrogens is 290 g/mol. The van der Waals surface area contributed by atoms with Gasteiger partial charge in [-0.1, -0.05) is 11.6 Å². The van der Waals surface area contributed by atoms with Gasteiger partial charge in [0.1, 0.15) is 12.4 Å². The standard InChI is InChI=1S/C14H18ClN5O/c1-10-12(15)8-20(18-10)9-13(21)19-6-2-11(3-7-19)14-16-4-5-17-14/h4-5,8,11H,2-3,6-7,9H2,1H3,(H,16,17). The minimum atomic E-state index is 0.0899. The van der Waals surface area contributed by atoms with Crippen molar-refractivity contribution in [1.82, 2.24) is 24.6 Å². The number of nitrogens with zero attached hydrogens (tertiary/aromatic N) is 4. The molecule has 3 heterocycles. The summed E-state index contributed by atoms with van der Waals surface area (Å²) >= 11 is 5.96. The van der Waals surface area contributed by atoms with Crippen molar-refractivity contribution in [2.75, 3.05) is 13.1 Å². The zero-order valence-corrected chi connectivity index (χ0v) is 12.7. The van der Waals surface area contributed by atoms with Crippen molar-refractivity contribution in [3.05, 3.63) is 35.1 Å². The van der Waals surface area contributed by atoms with Crippen LogP contribution in [0.1, 0.15) is 30.3 Å². The number of hydrogen-bond acceptors (Lipinski definition) is 3. The van der Waals surface area contributed by atoms with Gasteiger partial charge in [0, 0.05) is 37.6 Å². The number of amides is 1. The lowest BCUT2D eigenvalue weighted by Crippen LogP contribution is -2.40. The third-order valence-corrected chi connectivity index (χ3v) is 4.31. The van der Waals surface area contributed by atoms with Gasteiger partial charge in [0.15, 0.2) is 0 Å². The quantitative estimate of drug-likeness (QED) is 0.943. The van der Waals surface area contributed by atoms with Crippen LogP contribution in [-0.4, -0.2) is 43.6 Å². The molecule has 2 aromatic rings. The molecule has 112 valence electrons. The Kier molecular flexibility index (Phi) is 3.96. The van der Waals surface area contributed by atoms with Gasteiger partial charge in [-0.05, 0) is 19.8 Å². The van der Waals surface area contributed by atoms with Gasteiger partial charge in [-0.15, -0.1) is 0 Å². The molecule has 0 spiro atoms. The van der Waals surface area contributed by atoms with Gasteiger partial charge in [0.05, 0.1) is 10.7 Å². The lowest BCUT2D eigenvalue weighted by atomic mass is 9.96. The van der Waals surface area contributed by atoms with Gasteiger partial charge >= 0.3 is 0 Å². The van der Waals surface area contributed by atoms with Crippen molar-refractivity contribution >= 4 is 17.5 Å². The number of aromatic amines is 1. The number of nitrogens with one attached hydrogen (secondary N) is 1. The van der Waals surface area contributed by atoms with E-state index in [2.05, 4.69) is 15.1 Å². The number of likely N-dealkylation sites (tertiary alicyclic amines) is 1. The van der Waals surface area contributed by atoms with Crippen LogP contribution in [0.15, 0.2) is 18.6 Å². The molecule has 1 saturated heterocycles. The molecule has 0 saturated carbocycles. The summed E-state index contributed by atoms with van der Waals surface area (Å²) in [6, 6.07) is 0. The Morgan fingerprint density at radius 2 is 2.24 bits per heavy atom. The van der Waals surface area contributed by atoms with Crippen LogP contribution in [0.3, 0.4) is 0 Å². The summed E-state index contributed by atoms with van der Waals surface area (Å²) in [4.78, 5) is 21.6. The lowest BCUT2D eigenvalue weighted by Gasteiger charge is -2.31. The van der Waals surface area contributed by atoms with Gasteiger partial charge in [-0.3, -0.25) is 9.48 Å². The third kappa shape index (κ3) is 3.10. The predicted octanol–water partition coefficient (Wildman–Crippen LogP) is 1.97. The van der Waals surface area contributed by atoms with E-state index in [1.807, 2.05) is 18.0 Å². The van der Waals surface area contributed by atoms with Crippen LogP contribution in [0.2, 0.25) is 5.02 Å². The molecule has 2 aromatic heterocycles. The second kappa shape index (κ2) is 5.89. The summed E-state index contributed by atoms with van der Waals surface area (Å²) in [6.45, 7) is 3.60. The van der Waals surface area contributed by atoms with E-state index < -0.39 is 0 Å². The SMILES string of the molecule is Cc1nn(CC(=O)N2CCC(c3ncc[nH]3)CC2)cc1Cl. The van der Waals surface area contributed by atoms with Crippen LogP contribution in [-0.2, 0) is 11.3 Å². The molecule has 6 nitrogen and oxygen atoms in total. The highest BCUT2D eigenvalue weighted by atomic mass is 35.5. The second-order valence-corrected chi connectivity index (χ2v) is 5.80. The van der Waals surface area contributed by atoms with Crippen molar-refractivity contribution in [2.24, 2.45) is 0 Å². The molecular formula is C14H18ClN5O. The van der Waals surface area contributed by atoms with E-state index in [1.54, 1.807) is 17.1 Å². The second-order valence-electron chi connectivity index (χ2n) is 5.39. The number of piperidine rings is 1. The Balaban J connectivity index is 1.55. The number of aryl methyl sites for hydroxylation is 1. The molecule has 0 aromatic carbocycles. The molecule has 1 aliphatic rings. The molecule has 0 unspecified atom stereocenters. The molecule has 3 rings (SSSR count). The molecule has 1 fully saturated rings. The lowest BCUT2D eigenvalue weighted by molar-refractivity contribution is -0.133. The fourth-order valence-electron chi connectivity index (χ4n) is 2.72. The van der Waals surface area contributed by atoms with E-state index in [0.717, 1.165) is 37.4 Å². The zero-order valence-electron chi connectivity index (χ0n) is 11.9. The average Bonchev–Trinajstić information content (AvgIpc) is 3.10. The van der Waals surface area contributed by atoms with Crippen molar-refractivity contribution in [3.63, 3.8) is 0 Å². The maximum absolute atomic E-state index is 12.3. The van der Waals surface area contributed by atoms with E-state index in [4.69, 9.17) is 11.6 Å². The fourth-order valence-corrected chi connectivity index (χ4v) is 2.87. The smallest absolute Gasteiger partial charge is 0.244 e. The number of imidazole rings is 1. The summed E-state index contributed by atoms with van der Waals surface area (Å²) in [7, 11) is 0. The maximum Gasteiger partial charge on any atom is 0.244 e. The summed E-state index contributed by atoms with van der Waals surface area (Å²) in [5.74, 6) is 1.54. The van der Waals surface area contributed by atoms with Crippen LogP contribution in [0.5, 0.6) is 0 Å². The monoisotopic (exact) mass is 307 g/mol. The minimum absolute atomic E-state index is 0.0899. The molecule has 0 radical (unpaired) electrons. The van der Waals surface area contributed by atoms with Crippen LogP contribution in [0.25, 0.3) is 0 Å². The first-order chi connectivity index (χ1) is 10.1. The molecule has 1 aliphatic heterocycles. The maximum atomic E-state index is 12.3. The van der Waals surface area contributed by atoms with Crippen LogP contribution < -0.4 is 0 Å². The topological polar surface area (TPSA) is 66.8 Å². The summed E-state index contributed by atoms with van der Waals surface area (Å²) in [5, 5.41) is 4.82. The molecule has 0 aliphatic carbocycles. The Morgan fingerprint density at radius 1 is 1.48 bits per heavy atom. The number of aromatic nitrogens is 4. The third-order valence-electron chi connectivity index (χ3n) is 3.94. The van der Waals surface area contributed by atoms with Gasteiger partial charge in [0.25, 0.3) is 0 Å². The van der Waals surface area contributed by atoms with Gasteiger partial charge in [0.2, 0.25) is 5.91 Å². The number of hydrogen-bond donors (Lipinski definition) is 1. The normalized spacial score (nSPS) is 16.4. The Labute approximate surface area is 128 Å². The van der Waals surface area contributed by atoms with E-state index in [9.17, 15) is 4.79 Å². The molecule has 7 heteroatoms. The van der Waals surface area contributed by atoms with Crippen LogP contribution >= 0.6 is 11.6 Å². The van der Waals surface area contributed by atoms with Crippen LogP contribution in [0.4, 0.5) is 0 Å². The number of rotatable bonds is 3. The molecule has 1 amide bonds. The van der Waals surface area contributed by atoms with Crippen molar-refractivity contribution in [3.8, 4) is 0 Å². The number of carbonyl (C=O) groups excluding carboxylic acids is 1. The van der Waals surface area contributed by atoms with Gasteiger partial charge in [-0.25, -0.2) is 4.98 Å². The molecule has 1 N–H and O–H groups in total. The molecule has 21 heavy (non-hydrogen) atoms. The van der Waals surface area contributed by atoms with E-state index >= 15 is 0 Å². The molecule has 0 bridgehead atoms. The van der Waals surface area contributed by atoms with E-state index in [-0.39, 0.29) is 12.5 Å². The highest BCUT2D eigenvalue weighted by molar-refractivity contribution is 6.31. The van der Waals surface area contributed by atoms with E-state index in [1.165, 1.54) is 0 Å². The first kappa shape index (κ1) is 14.1. The largest absolute Gasteiger partial charge is 0.348 e. The van der Waals surface area contributed by atoms with Crippen LogP contribution in [0, 0.1) is 6.92 Å². The minimum Gasteiger partial charge on any atom is -0.348 e. The highest BCUT2D eigenvalue weighted by Crippen LogP contribution is 2.25. The Bertz CT molecular complexity index is 594. The first-order valence-corrected chi connectivity index (χ1v) is 7.48. The summed E-state index contributed by atoms with van der Waals surface area (Å²) in [6.07, 6.45) is 7.20. The van der Waals surface area contributed by atoms with Gasteiger partial charge < -0.3 is 9.88 Å². The summed E-state index contributed by atoms with van der Waals surface area (Å²) < 4.78 is 1.61. The summed E-state index contributed by atoms with van der Waals surface area (Å²) in [5.41, 5.74) is 0.751. The number of carbonyl (C=O) groups is 1. The van der Waals surface area contributed by atoms with Crippen molar-refractivity contribution in [1.29, 1.82) is 0 Å². The van der Waals surface area contributed by atoms with Crippen molar-refractivity contribution in [2.45, 2.75) is 32.2 Å². The number of H-pyrrole nitrogens is 1. The first-order valence-electron chi connectivity index (χ1n) is 7.10. The predicted molar refractivity (Wildman–Crippen MR) is 79.1 cm³/mol. The highest BCUT2D eigenvalue weighted by Gasteiger charge is 2.25. The number of halogens is 1. The molecule has 0 atom stereocenters. The average molecular weight is 308 g/mol. The van der Waals surface area contributed by atoms with Gasteiger partial charge in [-0.2, -0.15) is 5.10 Å². The fraction of sp³-hybridized carbons (Fsp3) is 0.500. The van der Waals surface area contributed by atoms with E-state index in [0.29, 0.717) is 10.9 Å².